The number of hydrogen-bond acceptors (Lipinski definition) is 4. The first kappa shape index (κ1) is 13.5. The number of aromatic nitrogens is 1. The largest absolute Gasteiger partial charge is 0.476 e. The van der Waals surface area contributed by atoms with Crippen molar-refractivity contribution in [2.45, 2.75) is 51.6 Å². The van der Waals surface area contributed by atoms with Crippen molar-refractivity contribution in [3.63, 3.8) is 0 Å². The molecule has 0 bridgehead atoms. The smallest absolute Gasteiger partial charge is 0.355 e. The van der Waals surface area contributed by atoms with E-state index in [0.29, 0.717) is 12.6 Å². The van der Waals surface area contributed by atoms with Crippen LogP contribution in [-0.2, 0) is 6.54 Å². The molecule has 18 heavy (non-hydrogen) atoms. The molecular weight excluding hydrogens is 248 g/mol. The number of carbonyl (C=O) groups is 1. The number of nitrogens with zero attached hydrogens (tertiary/aromatic N) is 2. The molecule has 1 aliphatic rings. The fraction of sp³-hybridized carbons (Fsp3) is 0.692. The third-order valence-electron chi connectivity index (χ3n) is 3.60. The van der Waals surface area contributed by atoms with Gasteiger partial charge in [0.2, 0.25) is 0 Å². The number of carboxylic acid groups (broad SMARTS) is 1. The van der Waals surface area contributed by atoms with Crippen LogP contribution in [0.3, 0.4) is 0 Å². The van der Waals surface area contributed by atoms with E-state index in [4.69, 9.17) is 5.11 Å². The maximum Gasteiger partial charge on any atom is 0.355 e. The molecule has 1 aromatic heterocycles. The van der Waals surface area contributed by atoms with Crippen LogP contribution >= 0.6 is 11.3 Å². The van der Waals surface area contributed by atoms with Gasteiger partial charge in [-0.3, -0.25) is 4.90 Å². The molecule has 0 unspecified atom stereocenters. The van der Waals surface area contributed by atoms with Crippen molar-refractivity contribution in [1.29, 1.82) is 0 Å². The van der Waals surface area contributed by atoms with E-state index in [1.165, 1.54) is 43.4 Å². The van der Waals surface area contributed by atoms with E-state index >= 15 is 0 Å². The first-order valence-corrected chi connectivity index (χ1v) is 7.29. The van der Waals surface area contributed by atoms with Crippen LogP contribution in [0.2, 0.25) is 0 Å². The lowest BCUT2D eigenvalue weighted by atomic mass is 9.94. The fourth-order valence-electron chi connectivity index (χ4n) is 2.62. The van der Waals surface area contributed by atoms with Gasteiger partial charge < -0.3 is 5.11 Å². The minimum atomic E-state index is -0.911. The summed E-state index contributed by atoms with van der Waals surface area (Å²) in [5, 5.41) is 9.96. The van der Waals surface area contributed by atoms with Crippen molar-refractivity contribution < 1.29 is 9.90 Å². The van der Waals surface area contributed by atoms with Crippen LogP contribution in [-0.4, -0.2) is 34.0 Å². The van der Waals surface area contributed by atoms with Crippen LogP contribution in [0.5, 0.6) is 0 Å². The number of thiazole rings is 1. The Labute approximate surface area is 112 Å². The molecule has 100 valence electrons. The molecule has 1 N–H and O–H groups in total. The molecule has 0 amide bonds. The second-order valence-corrected chi connectivity index (χ2v) is 6.30. The molecule has 1 aliphatic carbocycles. The third kappa shape index (κ3) is 3.09. The summed E-state index contributed by atoms with van der Waals surface area (Å²) in [4.78, 5) is 18.4. The van der Waals surface area contributed by atoms with Gasteiger partial charge in [0, 0.05) is 12.6 Å². The van der Waals surface area contributed by atoms with E-state index in [-0.39, 0.29) is 5.69 Å². The van der Waals surface area contributed by atoms with Crippen molar-refractivity contribution in [2.75, 3.05) is 7.05 Å². The van der Waals surface area contributed by atoms with Crippen LogP contribution in [0, 0.1) is 6.92 Å². The average molecular weight is 268 g/mol. The second-order valence-electron chi connectivity index (χ2n) is 5.02. The topological polar surface area (TPSA) is 53.4 Å². The minimum absolute atomic E-state index is 0.236. The van der Waals surface area contributed by atoms with Gasteiger partial charge in [-0.1, -0.05) is 19.3 Å². The van der Waals surface area contributed by atoms with E-state index in [2.05, 4.69) is 16.9 Å². The van der Waals surface area contributed by atoms with Gasteiger partial charge in [0.15, 0.2) is 5.69 Å². The number of hydrogen-bond donors (Lipinski definition) is 1. The van der Waals surface area contributed by atoms with E-state index in [9.17, 15) is 4.79 Å². The Kier molecular flexibility index (Phi) is 4.35. The quantitative estimate of drug-likeness (QED) is 0.912. The molecule has 0 spiro atoms. The zero-order valence-electron chi connectivity index (χ0n) is 11.0. The molecule has 1 heterocycles. The van der Waals surface area contributed by atoms with E-state index < -0.39 is 5.97 Å². The molecule has 1 saturated carbocycles. The van der Waals surface area contributed by atoms with E-state index in [1.54, 1.807) is 0 Å². The Balaban J connectivity index is 2.05. The lowest BCUT2D eigenvalue weighted by molar-refractivity contribution is 0.0688. The molecular formula is C13H20N2O2S. The van der Waals surface area contributed by atoms with Gasteiger partial charge in [-0.05, 0) is 26.8 Å². The molecule has 0 aromatic carbocycles. The maximum atomic E-state index is 11.1. The van der Waals surface area contributed by atoms with E-state index in [1.807, 2.05) is 6.92 Å². The molecule has 0 saturated heterocycles. The van der Waals surface area contributed by atoms with Crippen LogP contribution in [0.4, 0.5) is 0 Å². The standard InChI is InChI=1S/C13H20N2O2S/c1-9-14-12(13(16)17)11(18-9)8-15(2)10-6-4-3-5-7-10/h10H,3-8H2,1-2H3,(H,16,17). The van der Waals surface area contributed by atoms with Crippen LogP contribution in [0.25, 0.3) is 0 Å². The van der Waals surface area contributed by atoms with E-state index in [0.717, 1.165) is 9.88 Å². The summed E-state index contributed by atoms with van der Waals surface area (Å²) in [6.07, 6.45) is 6.39. The summed E-state index contributed by atoms with van der Waals surface area (Å²) in [5.41, 5.74) is 0.236. The Morgan fingerprint density at radius 3 is 2.72 bits per heavy atom. The second kappa shape index (κ2) is 5.80. The Bertz CT molecular complexity index is 425. The summed E-state index contributed by atoms with van der Waals surface area (Å²) >= 11 is 1.50. The molecule has 0 aliphatic heterocycles. The van der Waals surface area contributed by atoms with Crippen LogP contribution < -0.4 is 0 Å². The van der Waals surface area contributed by atoms with Crippen molar-refractivity contribution in [3.05, 3.63) is 15.6 Å². The SMILES string of the molecule is Cc1nc(C(=O)O)c(CN(C)C2CCCCC2)s1. The molecule has 5 heteroatoms. The van der Waals surface area contributed by atoms with Gasteiger partial charge in [-0.2, -0.15) is 0 Å². The lowest BCUT2D eigenvalue weighted by Gasteiger charge is -2.30. The predicted octanol–water partition coefficient (Wildman–Crippen LogP) is 2.91. The zero-order chi connectivity index (χ0) is 13.1. The number of carboxylic acids is 1. The highest BCUT2D eigenvalue weighted by molar-refractivity contribution is 7.11. The van der Waals surface area contributed by atoms with Crippen molar-refractivity contribution >= 4 is 17.3 Å². The summed E-state index contributed by atoms with van der Waals surface area (Å²) in [6, 6.07) is 0.600. The van der Waals surface area contributed by atoms with Gasteiger partial charge >= 0.3 is 5.97 Å². The predicted molar refractivity (Wildman–Crippen MR) is 72.2 cm³/mol. The summed E-state index contributed by atoms with van der Waals surface area (Å²) < 4.78 is 0. The minimum Gasteiger partial charge on any atom is -0.476 e. The number of aromatic carboxylic acids is 1. The highest BCUT2D eigenvalue weighted by Crippen LogP contribution is 2.25. The Morgan fingerprint density at radius 1 is 1.44 bits per heavy atom. The lowest BCUT2D eigenvalue weighted by Crippen LogP contribution is -2.33. The highest BCUT2D eigenvalue weighted by atomic mass is 32.1. The van der Waals surface area contributed by atoms with Crippen LogP contribution in [0.1, 0.15) is 52.5 Å². The van der Waals surface area contributed by atoms with Crippen LogP contribution in [0.15, 0.2) is 0 Å². The fourth-order valence-corrected chi connectivity index (χ4v) is 3.61. The molecule has 1 fully saturated rings. The van der Waals surface area contributed by atoms with Gasteiger partial charge in [-0.25, -0.2) is 9.78 Å². The maximum absolute atomic E-state index is 11.1. The Morgan fingerprint density at radius 2 is 2.11 bits per heavy atom. The zero-order valence-corrected chi connectivity index (χ0v) is 11.8. The summed E-state index contributed by atoms with van der Waals surface area (Å²) in [7, 11) is 2.09. The normalized spacial score (nSPS) is 17.3. The summed E-state index contributed by atoms with van der Waals surface area (Å²) in [5.74, 6) is -0.911. The molecule has 1 aromatic rings. The Hall–Kier alpha value is -0.940. The highest BCUT2D eigenvalue weighted by Gasteiger charge is 2.22. The van der Waals surface area contributed by atoms with Crippen molar-refractivity contribution in [1.82, 2.24) is 9.88 Å². The first-order valence-electron chi connectivity index (χ1n) is 6.47. The van der Waals surface area contributed by atoms with Crippen molar-refractivity contribution in [3.8, 4) is 0 Å². The monoisotopic (exact) mass is 268 g/mol. The molecule has 2 rings (SSSR count). The first-order chi connectivity index (χ1) is 8.58. The molecule has 0 radical (unpaired) electrons. The summed E-state index contributed by atoms with van der Waals surface area (Å²) in [6.45, 7) is 2.57. The number of rotatable bonds is 4. The third-order valence-corrected chi connectivity index (χ3v) is 4.55. The number of aryl methyl sites for hydroxylation is 1. The molecule has 4 nitrogen and oxygen atoms in total. The van der Waals surface area contributed by atoms with Gasteiger partial charge in [0.05, 0.1) is 9.88 Å². The van der Waals surface area contributed by atoms with Gasteiger partial charge in [0.25, 0.3) is 0 Å². The van der Waals surface area contributed by atoms with Crippen molar-refractivity contribution in [2.24, 2.45) is 0 Å². The van der Waals surface area contributed by atoms with Gasteiger partial charge in [0.1, 0.15) is 0 Å². The van der Waals surface area contributed by atoms with Gasteiger partial charge in [-0.15, -0.1) is 11.3 Å². The molecule has 0 atom stereocenters. The average Bonchev–Trinajstić information content (AvgIpc) is 2.71.